The van der Waals surface area contributed by atoms with Crippen molar-refractivity contribution >= 4 is 15.7 Å². The van der Waals surface area contributed by atoms with Gasteiger partial charge in [-0.1, -0.05) is 30.3 Å². The number of hydrogen-bond donors (Lipinski definition) is 0. The Hall–Kier alpha value is -3.63. The fourth-order valence-corrected chi connectivity index (χ4v) is 7.59. The molecule has 0 unspecified atom stereocenters. The number of piperidine rings is 1. The fraction of sp³-hybridized carbons (Fsp3) is 0.367. The van der Waals surface area contributed by atoms with Crippen LogP contribution in [0.15, 0.2) is 71.6 Å². The van der Waals surface area contributed by atoms with E-state index in [4.69, 9.17) is 4.74 Å². The highest BCUT2D eigenvalue weighted by Crippen LogP contribution is 2.54. The summed E-state index contributed by atoms with van der Waals surface area (Å²) >= 11 is 0. The Morgan fingerprint density at radius 3 is 1.83 bits per heavy atom. The maximum absolute atomic E-state index is 14.4. The van der Waals surface area contributed by atoms with E-state index in [9.17, 15) is 52.7 Å². The summed E-state index contributed by atoms with van der Waals surface area (Å²) in [6, 6.07) is 8.12. The van der Waals surface area contributed by atoms with Crippen LogP contribution in [0, 0.1) is 17.5 Å². The number of ether oxygens (including phenoxy) is 2. The highest BCUT2D eigenvalue weighted by Gasteiger charge is 2.73. The number of amides is 1. The molecular formula is C30H26F9NO5S. The van der Waals surface area contributed by atoms with Crippen LogP contribution in [0.4, 0.5) is 39.5 Å². The number of sulfone groups is 1. The van der Waals surface area contributed by atoms with Gasteiger partial charge < -0.3 is 14.4 Å². The van der Waals surface area contributed by atoms with E-state index in [1.165, 1.54) is 12.0 Å². The van der Waals surface area contributed by atoms with Gasteiger partial charge in [0.2, 0.25) is 5.91 Å². The molecule has 1 fully saturated rings. The number of alkyl halides is 6. The minimum atomic E-state index is -6.21. The van der Waals surface area contributed by atoms with Crippen molar-refractivity contribution in [2.45, 2.75) is 47.0 Å². The predicted octanol–water partition coefficient (Wildman–Crippen LogP) is 6.58. The van der Waals surface area contributed by atoms with Crippen molar-refractivity contribution in [1.29, 1.82) is 0 Å². The van der Waals surface area contributed by atoms with Crippen LogP contribution in [0.5, 0.6) is 0 Å². The van der Waals surface area contributed by atoms with Crippen LogP contribution in [-0.2, 0) is 41.1 Å². The first-order valence-corrected chi connectivity index (χ1v) is 15.0. The number of hydrogen-bond acceptors (Lipinski definition) is 5. The first-order valence-electron chi connectivity index (χ1n) is 13.5. The third-order valence-corrected chi connectivity index (χ3v) is 10.5. The molecule has 0 aromatic heterocycles. The molecule has 0 saturated carbocycles. The van der Waals surface area contributed by atoms with Crippen LogP contribution in [0.25, 0.3) is 0 Å². The molecule has 0 radical (unpaired) electrons. The van der Waals surface area contributed by atoms with Crippen LogP contribution in [0.1, 0.15) is 29.5 Å². The maximum atomic E-state index is 14.4. The third-order valence-electron chi connectivity index (χ3n) is 7.94. The van der Waals surface area contributed by atoms with E-state index >= 15 is 0 Å². The molecule has 1 heterocycles. The number of rotatable bonds is 9. The summed E-state index contributed by atoms with van der Waals surface area (Å²) in [5, 5.41) is 0. The largest absolute Gasteiger partial charge is 0.430 e. The van der Waals surface area contributed by atoms with Crippen molar-refractivity contribution in [3.63, 3.8) is 0 Å². The molecule has 1 saturated heterocycles. The van der Waals surface area contributed by atoms with Gasteiger partial charge in [0.25, 0.3) is 5.60 Å². The first-order chi connectivity index (χ1) is 21.4. The lowest BCUT2D eigenvalue weighted by Crippen LogP contribution is -2.56. The summed E-state index contributed by atoms with van der Waals surface area (Å²) < 4.78 is 164. The summed E-state index contributed by atoms with van der Waals surface area (Å²) in [7, 11) is -3.24. The summed E-state index contributed by atoms with van der Waals surface area (Å²) in [6.45, 7) is -2.42. The maximum Gasteiger partial charge on any atom is 0.430 e. The molecule has 0 bridgehead atoms. The van der Waals surface area contributed by atoms with Crippen LogP contribution in [0.3, 0.4) is 0 Å². The van der Waals surface area contributed by atoms with Gasteiger partial charge in [0.05, 0.1) is 11.5 Å². The van der Waals surface area contributed by atoms with Gasteiger partial charge in [0.15, 0.2) is 9.84 Å². The van der Waals surface area contributed by atoms with Crippen molar-refractivity contribution in [3.8, 4) is 0 Å². The normalized spacial score (nSPS) is 16.0. The van der Waals surface area contributed by atoms with Crippen molar-refractivity contribution in [2.75, 3.05) is 26.8 Å². The number of methoxy groups -OCH3 is 1. The van der Waals surface area contributed by atoms with Gasteiger partial charge in [-0.15, -0.1) is 0 Å². The molecule has 0 N–H and O–H groups in total. The van der Waals surface area contributed by atoms with Gasteiger partial charge >= 0.3 is 12.4 Å². The van der Waals surface area contributed by atoms with Crippen LogP contribution in [-0.4, -0.2) is 58.4 Å². The number of benzene rings is 3. The SMILES string of the molecule is COCC(=O)N1CCC(c2ccc(C(OCc3c(F)cccc3F)(C(F)(F)F)C(F)(F)F)cc2)(S(=O)(=O)c2ccc(F)cc2)CC1. The molecule has 1 aliphatic heterocycles. The average Bonchev–Trinajstić information content (AvgIpc) is 2.98. The zero-order chi connectivity index (χ0) is 34.1. The summed E-state index contributed by atoms with van der Waals surface area (Å²) in [4.78, 5) is 13.3. The molecule has 3 aromatic carbocycles. The van der Waals surface area contributed by atoms with E-state index in [1.807, 2.05) is 0 Å². The van der Waals surface area contributed by atoms with Crippen molar-refractivity contribution < 1.29 is 62.2 Å². The summed E-state index contributed by atoms with van der Waals surface area (Å²) in [5.41, 5.74) is -7.99. The lowest BCUT2D eigenvalue weighted by molar-refractivity contribution is -0.392. The second-order valence-electron chi connectivity index (χ2n) is 10.5. The van der Waals surface area contributed by atoms with Gasteiger partial charge in [-0.05, 0) is 54.8 Å². The zero-order valence-electron chi connectivity index (χ0n) is 23.9. The van der Waals surface area contributed by atoms with E-state index in [2.05, 4.69) is 4.74 Å². The highest BCUT2D eigenvalue weighted by atomic mass is 32.2. The monoisotopic (exact) mass is 683 g/mol. The quantitative estimate of drug-likeness (QED) is 0.188. The van der Waals surface area contributed by atoms with Crippen LogP contribution in [0.2, 0.25) is 0 Å². The fourth-order valence-electron chi connectivity index (χ4n) is 5.48. The Balaban J connectivity index is 1.83. The number of likely N-dealkylation sites (tertiary alicyclic amines) is 1. The molecule has 1 amide bonds. The summed E-state index contributed by atoms with van der Waals surface area (Å²) in [5.74, 6) is -4.11. The number of nitrogens with zero attached hydrogens (tertiary/aromatic N) is 1. The molecule has 6 nitrogen and oxygen atoms in total. The smallest absolute Gasteiger partial charge is 0.375 e. The van der Waals surface area contributed by atoms with Gasteiger partial charge in [0.1, 0.15) is 28.8 Å². The standard InChI is InChI=1S/C30H26F9NO5S/c1-44-18-26(41)40-15-13-27(14-16-40,46(42,43)22-11-9-21(31)10-12-22)19-5-7-20(8-6-19)28(29(34,35)36,30(37,38)39)45-17-23-24(32)3-2-4-25(23)33/h2-12H,13-18H2,1H3. The van der Waals surface area contributed by atoms with Crippen molar-refractivity contribution in [2.24, 2.45) is 0 Å². The van der Waals surface area contributed by atoms with Crippen LogP contribution >= 0.6 is 0 Å². The van der Waals surface area contributed by atoms with E-state index in [1.54, 1.807) is 0 Å². The van der Waals surface area contributed by atoms with Gasteiger partial charge in [-0.2, -0.15) is 26.3 Å². The van der Waals surface area contributed by atoms with E-state index in [0.29, 0.717) is 24.3 Å². The minimum Gasteiger partial charge on any atom is -0.375 e. The topological polar surface area (TPSA) is 72.9 Å². The Morgan fingerprint density at radius 2 is 1.35 bits per heavy atom. The van der Waals surface area contributed by atoms with Gasteiger partial charge in [0, 0.05) is 31.3 Å². The Morgan fingerprint density at radius 1 is 0.826 bits per heavy atom. The number of carbonyl (C=O) groups excluding carboxylic acids is 1. The van der Waals surface area contributed by atoms with Crippen LogP contribution < -0.4 is 0 Å². The Bertz CT molecular complexity index is 1620. The molecule has 1 aliphatic rings. The average molecular weight is 684 g/mol. The molecule has 0 atom stereocenters. The molecule has 4 rings (SSSR count). The van der Waals surface area contributed by atoms with Gasteiger partial charge in [-0.25, -0.2) is 21.6 Å². The summed E-state index contributed by atoms with van der Waals surface area (Å²) in [6.07, 6.45) is -13.1. The van der Waals surface area contributed by atoms with E-state index in [-0.39, 0.29) is 43.0 Å². The molecule has 0 aliphatic carbocycles. The van der Waals surface area contributed by atoms with Crippen molar-refractivity contribution in [1.82, 2.24) is 4.90 Å². The van der Waals surface area contributed by atoms with E-state index < -0.39 is 73.6 Å². The first kappa shape index (κ1) is 35.2. The zero-order valence-corrected chi connectivity index (χ0v) is 24.7. The molecular weight excluding hydrogens is 657 g/mol. The lowest BCUT2D eigenvalue weighted by Gasteiger charge is -2.42. The predicted molar refractivity (Wildman–Crippen MR) is 144 cm³/mol. The van der Waals surface area contributed by atoms with E-state index in [0.717, 1.165) is 42.5 Å². The molecule has 250 valence electrons. The molecule has 0 spiro atoms. The number of halogens is 9. The molecule has 3 aromatic rings. The lowest BCUT2D eigenvalue weighted by atomic mass is 9.85. The van der Waals surface area contributed by atoms with Gasteiger partial charge in [-0.3, -0.25) is 4.79 Å². The second kappa shape index (κ2) is 12.9. The number of carbonyl (C=O) groups is 1. The molecule has 46 heavy (non-hydrogen) atoms. The molecule has 16 heteroatoms. The Kier molecular flexibility index (Phi) is 9.86. The van der Waals surface area contributed by atoms with Crippen molar-refractivity contribution in [3.05, 3.63) is 101 Å². The second-order valence-corrected chi connectivity index (χ2v) is 12.8. The minimum absolute atomic E-state index is 0.170. The highest BCUT2D eigenvalue weighted by molar-refractivity contribution is 7.92. The third kappa shape index (κ3) is 6.21. The Labute approximate surface area is 257 Å².